The number of nitrogens with zero attached hydrogens (tertiary/aromatic N) is 3. The number of carbonyl (C=O) groups is 2. The van der Waals surface area contributed by atoms with Gasteiger partial charge < -0.3 is 15.1 Å². The molecule has 1 heterocycles. The first-order chi connectivity index (χ1) is 16.2. The fourth-order valence-corrected chi connectivity index (χ4v) is 5.37. The summed E-state index contributed by atoms with van der Waals surface area (Å²) in [6.45, 7) is 7.65. The largest absolute Gasteiger partial charge is 0.336 e. The third kappa shape index (κ3) is 6.43. The van der Waals surface area contributed by atoms with Crippen LogP contribution in [-0.4, -0.2) is 80.7 Å². The van der Waals surface area contributed by atoms with E-state index in [1.165, 1.54) is 4.31 Å². The van der Waals surface area contributed by atoms with Gasteiger partial charge in [-0.05, 0) is 55.4 Å². The molecule has 2 amide bonds. The van der Waals surface area contributed by atoms with Crippen LogP contribution in [0.4, 0.5) is 5.69 Å². The van der Waals surface area contributed by atoms with Crippen LogP contribution in [0.15, 0.2) is 53.4 Å². The van der Waals surface area contributed by atoms with Crippen LogP contribution >= 0.6 is 0 Å². The number of hydrogen-bond acceptors (Lipinski definition) is 5. The van der Waals surface area contributed by atoms with Gasteiger partial charge in [0.2, 0.25) is 15.9 Å². The van der Waals surface area contributed by atoms with Gasteiger partial charge in [0, 0.05) is 56.9 Å². The Morgan fingerprint density at radius 2 is 1.50 bits per heavy atom. The Bertz CT molecular complexity index is 1070. The number of anilines is 1. The SMILES string of the molecule is CCN(CC)S(=O)(=O)c1ccc(CCC(=O)Nc2ccc(C(=O)N3CCN(C)CC3)cc2)cc1. The molecule has 2 aromatic rings. The molecule has 1 fully saturated rings. The zero-order valence-electron chi connectivity index (χ0n) is 20.2. The zero-order valence-corrected chi connectivity index (χ0v) is 21.0. The minimum Gasteiger partial charge on any atom is -0.336 e. The van der Waals surface area contributed by atoms with Crippen molar-refractivity contribution in [1.29, 1.82) is 0 Å². The Kier molecular flexibility index (Phi) is 8.82. The van der Waals surface area contributed by atoms with Crippen molar-refractivity contribution in [3.8, 4) is 0 Å². The van der Waals surface area contributed by atoms with Crippen LogP contribution in [0.1, 0.15) is 36.2 Å². The summed E-state index contributed by atoms with van der Waals surface area (Å²) >= 11 is 0. The molecule has 1 saturated heterocycles. The summed E-state index contributed by atoms with van der Waals surface area (Å²) in [7, 11) is -1.44. The summed E-state index contributed by atoms with van der Waals surface area (Å²) in [5.74, 6) is -0.129. The summed E-state index contributed by atoms with van der Waals surface area (Å²) in [6.07, 6.45) is 0.765. The van der Waals surface area contributed by atoms with Gasteiger partial charge in [0.05, 0.1) is 4.90 Å². The van der Waals surface area contributed by atoms with Gasteiger partial charge >= 0.3 is 0 Å². The number of aryl methyl sites for hydroxylation is 1. The van der Waals surface area contributed by atoms with E-state index in [4.69, 9.17) is 0 Å². The average Bonchev–Trinajstić information content (AvgIpc) is 2.84. The lowest BCUT2D eigenvalue weighted by molar-refractivity contribution is -0.116. The summed E-state index contributed by atoms with van der Waals surface area (Å²) in [6, 6.07) is 13.7. The fourth-order valence-electron chi connectivity index (χ4n) is 3.91. The molecule has 1 aliphatic rings. The molecule has 0 radical (unpaired) electrons. The van der Waals surface area contributed by atoms with Gasteiger partial charge in [-0.1, -0.05) is 26.0 Å². The van der Waals surface area contributed by atoms with Gasteiger partial charge in [0.15, 0.2) is 0 Å². The molecule has 0 unspecified atom stereocenters. The maximum Gasteiger partial charge on any atom is 0.253 e. The first kappa shape index (κ1) is 25.9. The zero-order chi connectivity index (χ0) is 24.7. The van der Waals surface area contributed by atoms with E-state index in [9.17, 15) is 18.0 Å². The Labute approximate surface area is 202 Å². The number of hydrogen-bond donors (Lipinski definition) is 1. The van der Waals surface area contributed by atoms with E-state index >= 15 is 0 Å². The highest BCUT2D eigenvalue weighted by molar-refractivity contribution is 7.89. The predicted molar refractivity (Wildman–Crippen MR) is 133 cm³/mol. The molecule has 0 spiro atoms. The van der Waals surface area contributed by atoms with Crippen molar-refractivity contribution in [3.63, 3.8) is 0 Å². The van der Waals surface area contributed by atoms with Crippen LogP contribution in [-0.2, 0) is 21.2 Å². The van der Waals surface area contributed by atoms with Crippen molar-refractivity contribution < 1.29 is 18.0 Å². The second-order valence-corrected chi connectivity index (χ2v) is 10.4. The summed E-state index contributed by atoms with van der Waals surface area (Å²) in [5, 5.41) is 2.86. The number of rotatable bonds is 9. The molecule has 1 N–H and O–H groups in total. The predicted octanol–water partition coefficient (Wildman–Crippen LogP) is 2.68. The van der Waals surface area contributed by atoms with Gasteiger partial charge in [-0.15, -0.1) is 0 Å². The number of piperazine rings is 1. The minimum atomic E-state index is -3.48. The first-order valence-electron chi connectivity index (χ1n) is 11.7. The lowest BCUT2D eigenvalue weighted by Gasteiger charge is -2.32. The average molecular weight is 487 g/mol. The highest BCUT2D eigenvalue weighted by Gasteiger charge is 2.22. The second kappa shape index (κ2) is 11.6. The van der Waals surface area contributed by atoms with Crippen LogP contribution in [0.2, 0.25) is 0 Å². The van der Waals surface area contributed by atoms with Crippen molar-refractivity contribution >= 4 is 27.5 Å². The topological polar surface area (TPSA) is 90.0 Å². The van der Waals surface area contributed by atoms with Crippen LogP contribution in [0.5, 0.6) is 0 Å². The molecular formula is C25H34N4O4S. The van der Waals surface area contributed by atoms with Gasteiger partial charge in [-0.25, -0.2) is 8.42 Å². The van der Waals surface area contributed by atoms with Gasteiger partial charge in [-0.2, -0.15) is 4.31 Å². The molecule has 2 aromatic carbocycles. The highest BCUT2D eigenvalue weighted by Crippen LogP contribution is 2.18. The second-order valence-electron chi connectivity index (χ2n) is 8.45. The minimum absolute atomic E-state index is 0.0115. The number of amides is 2. The van der Waals surface area contributed by atoms with E-state index in [0.29, 0.717) is 30.8 Å². The van der Waals surface area contributed by atoms with Crippen LogP contribution in [0.25, 0.3) is 0 Å². The van der Waals surface area contributed by atoms with E-state index in [0.717, 1.165) is 31.7 Å². The van der Waals surface area contributed by atoms with Crippen molar-refractivity contribution in [2.45, 2.75) is 31.6 Å². The Morgan fingerprint density at radius 3 is 2.06 bits per heavy atom. The molecule has 1 aliphatic heterocycles. The lowest BCUT2D eigenvalue weighted by atomic mass is 10.1. The number of benzene rings is 2. The normalized spacial score (nSPS) is 14.9. The fraction of sp³-hybridized carbons (Fsp3) is 0.440. The molecule has 0 aromatic heterocycles. The Hall–Kier alpha value is -2.75. The summed E-state index contributed by atoms with van der Waals surface area (Å²) in [5.41, 5.74) is 2.14. The molecule has 0 aliphatic carbocycles. The Morgan fingerprint density at radius 1 is 0.912 bits per heavy atom. The summed E-state index contributed by atoms with van der Waals surface area (Å²) < 4.78 is 26.6. The van der Waals surface area contributed by atoms with Crippen LogP contribution in [0, 0.1) is 0 Å². The third-order valence-corrected chi connectivity index (χ3v) is 8.18. The molecular weight excluding hydrogens is 452 g/mol. The van der Waals surface area contributed by atoms with Crippen LogP contribution < -0.4 is 5.32 Å². The van der Waals surface area contributed by atoms with Crippen molar-refractivity contribution in [1.82, 2.24) is 14.1 Å². The number of sulfonamides is 1. The van der Waals surface area contributed by atoms with Crippen molar-refractivity contribution in [3.05, 3.63) is 59.7 Å². The van der Waals surface area contributed by atoms with Gasteiger partial charge in [-0.3, -0.25) is 9.59 Å². The molecule has 34 heavy (non-hydrogen) atoms. The maximum atomic E-state index is 12.6. The monoisotopic (exact) mass is 486 g/mol. The van der Waals surface area contributed by atoms with Gasteiger partial charge in [0.1, 0.15) is 0 Å². The molecule has 8 nitrogen and oxygen atoms in total. The molecule has 0 bridgehead atoms. The first-order valence-corrected chi connectivity index (χ1v) is 13.2. The highest BCUT2D eigenvalue weighted by atomic mass is 32.2. The lowest BCUT2D eigenvalue weighted by Crippen LogP contribution is -2.47. The molecule has 9 heteroatoms. The van der Waals surface area contributed by atoms with E-state index in [2.05, 4.69) is 10.2 Å². The number of likely N-dealkylation sites (N-methyl/N-ethyl adjacent to an activating group) is 1. The van der Waals surface area contributed by atoms with E-state index in [1.54, 1.807) is 48.5 Å². The third-order valence-electron chi connectivity index (χ3n) is 6.11. The molecule has 184 valence electrons. The quantitative estimate of drug-likeness (QED) is 0.589. The maximum absolute atomic E-state index is 12.6. The Balaban J connectivity index is 1.51. The molecule has 0 saturated carbocycles. The van der Waals surface area contributed by atoms with E-state index < -0.39 is 10.0 Å². The molecule has 0 atom stereocenters. The van der Waals surface area contributed by atoms with Gasteiger partial charge in [0.25, 0.3) is 5.91 Å². The smallest absolute Gasteiger partial charge is 0.253 e. The molecule has 3 rings (SSSR count). The van der Waals surface area contributed by atoms with Crippen LogP contribution in [0.3, 0.4) is 0 Å². The van der Waals surface area contributed by atoms with E-state index in [-0.39, 0.29) is 23.1 Å². The number of carbonyl (C=O) groups excluding carboxylic acids is 2. The summed E-state index contributed by atoms with van der Waals surface area (Å²) in [4.78, 5) is 29.3. The number of nitrogens with one attached hydrogen (secondary N) is 1. The van der Waals surface area contributed by atoms with Crippen molar-refractivity contribution in [2.75, 3.05) is 51.6 Å². The van der Waals surface area contributed by atoms with Crippen molar-refractivity contribution in [2.24, 2.45) is 0 Å². The standard InChI is InChI=1S/C25H34N4O4S/c1-4-29(5-2)34(32,33)23-13-6-20(7-14-23)8-15-24(30)26-22-11-9-21(10-12-22)25(31)28-18-16-27(3)17-19-28/h6-7,9-14H,4-5,8,15-19H2,1-3H3,(H,26,30). The van der Waals surface area contributed by atoms with E-state index in [1.807, 2.05) is 25.8 Å².